The van der Waals surface area contributed by atoms with E-state index in [1.807, 2.05) is 6.07 Å². The second kappa shape index (κ2) is 5.17. The van der Waals surface area contributed by atoms with E-state index in [1.54, 1.807) is 0 Å². The summed E-state index contributed by atoms with van der Waals surface area (Å²) in [7, 11) is 0. The number of carbonyl (C=O) groups is 1. The van der Waals surface area contributed by atoms with Crippen LogP contribution in [-0.2, 0) is 0 Å². The molecule has 2 unspecified atom stereocenters. The molecule has 0 bridgehead atoms. The molecule has 1 fully saturated rings. The van der Waals surface area contributed by atoms with Gasteiger partial charge in [-0.25, -0.2) is 9.78 Å². The number of nitrogens with zero attached hydrogens (tertiary/aromatic N) is 1. The summed E-state index contributed by atoms with van der Waals surface area (Å²) >= 11 is 4.69. The zero-order valence-electron chi connectivity index (χ0n) is 10.4. The average molecular weight is 358 g/mol. The monoisotopic (exact) mass is 357 g/mol. The zero-order chi connectivity index (χ0) is 14.3. The number of halogens is 1. The molecular formula is C12H12BrN3O3S. The first-order valence-corrected chi connectivity index (χ1v) is 7.84. The van der Waals surface area contributed by atoms with Crippen LogP contribution in [-0.4, -0.2) is 27.2 Å². The van der Waals surface area contributed by atoms with Gasteiger partial charge < -0.3 is 15.4 Å². The fraction of sp³-hybridized carbons (Fsp3) is 0.417. The van der Waals surface area contributed by atoms with Crippen molar-refractivity contribution < 1.29 is 9.90 Å². The Morgan fingerprint density at radius 1 is 1.55 bits per heavy atom. The lowest BCUT2D eigenvalue weighted by molar-refractivity contribution is 0.188. The molecule has 0 radical (unpaired) electrons. The van der Waals surface area contributed by atoms with Crippen molar-refractivity contribution in [3.8, 4) is 0 Å². The van der Waals surface area contributed by atoms with Crippen molar-refractivity contribution in [2.24, 2.45) is 0 Å². The molecule has 106 valence electrons. The Morgan fingerprint density at radius 3 is 3.10 bits per heavy atom. The molecule has 2 aromatic rings. The fourth-order valence-corrected chi connectivity index (χ4v) is 4.14. The van der Waals surface area contributed by atoms with Gasteiger partial charge in [0.15, 0.2) is 0 Å². The average Bonchev–Trinajstić information content (AvgIpc) is 2.94. The highest BCUT2D eigenvalue weighted by Gasteiger charge is 2.32. The third kappa shape index (κ3) is 2.45. The third-order valence-electron chi connectivity index (χ3n) is 3.55. The summed E-state index contributed by atoms with van der Waals surface area (Å²) in [5.41, 5.74) is 0.489. The van der Waals surface area contributed by atoms with Gasteiger partial charge in [-0.15, -0.1) is 11.3 Å². The Labute approximate surface area is 126 Å². The quantitative estimate of drug-likeness (QED) is 0.769. The molecule has 1 aliphatic carbocycles. The van der Waals surface area contributed by atoms with Gasteiger partial charge in [0.2, 0.25) is 0 Å². The zero-order valence-corrected chi connectivity index (χ0v) is 12.8. The van der Waals surface area contributed by atoms with Crippen molar-refractivity contribution in [1.82, 2.24) is 15.3 Å². The van der Waals surface area contributed by atoms with Crippen LogP contribution in [0.5, 0.6) is 0 Å². The normalized spacial score (nSPS) is 22.2. The highest BCUT2D eigenvalue weighted by atomic mass is 79.9. The highest BCUT2D eigenvalue weighted by molar-refractivity contribution is 9.11. The molecule has 0 spiro atoms. The minimum atomic E-state index is -1.04. The van der Waals surface area contributed by atoms with Gasteiger partial charge in [0.1, 0.15) is 10.5 Å². The first-order chi connectivity index (χ1) is 9.54. The molecule has 20 heavy (non-hydrogen) atoms. The number of aromatic nitrogens is 2. The minimum Gasteiger partial charge on any atom is -0.465 e. The molecule has 2 aromatic heterocycles. The molecule has 1 saturated carbocycles. The van der Waals surface area contributed by atoms with E-state index in [1.165, 1.54) is 11.3 Å². The smallest absolute Gasteiger partial charge is 0.404 e. The summed E-state index contributed by atoms with van der Waals surface area (Å²) in [6, 6.07) is 1.63. The standard InChI is InChI=1S/C12H12BrN3O3S/c13-8-4-7-9(20-8)11(17)16-10(14-7)5-2-1-3-6(5)15-12(18)19/h4-6,15H,1-3H2,(H,18,19)(H,14,16,17). The van der Waals surface area contributed by atoms with Crippen LogP contribution < -0.4 is 10.9 Å². The maximum absolute atomic E-state index is 12.1. The number of hydrogen-bond acceptors (Lipinski definition) is 4. The van der Waals surface area contributed by atoms with E-state index < -0.39 is 6.09 Å². The summed E-state index contributed by atoms with van der Waals surface area (Å²) in [6.07, 6.45) is 1.48. The number of carboxylic acid groups (broad SMARTS) is 1. The van der Waals surface area contributed by atoms with Gasteiger partial charge in [0.05, 0.1) is 9.30 Å². The van der Waals surface area contributed by atoms with E-state index in [2.05, 4.69) is 31.2 Å². The van der Waals surface area contributed by atoms with E-state index in [-0.39, 0.29) is 17.5 Å². The van der Waals surface area contributed by atoms with Gasteiger partial charge in [0, 0.05) is 12.0 Å². The number of aromatic amines is 1. The summed E-state index contributed by atoms with van der Waals surface area (Å²) < 4.78 is 1.44. The molecule has 3 rings (SSSR count). The second-order valence-electron chi connectivity index (χ2n) is 4.81. The lowest BCUT2D eigenvalue weighted by Gasteiger charge is -2.18. The van der Waals surface area contributed by atoms with Crippen molar-refractivity contribution in [2.75, 3.05) is 0 Å². The minimum absolute atomic E-state index is 0.0677. The van der Waals surface area contributed by atoms with E-state index in [0.717, 1.165) is 23.0 Å². The third-order valence-corrected chi connectivity index (χ3v) is 5.17. The molecule has 0 saturated heterocycles. The molecule has 8 heteroatoms. The molecule has 0 aromatic carbocycles. The van der Waals surface area contributed by atoms with Crippen LogP contribution in [0.3, 0.4) is 0 Å². The SMILES string of the molecule is O=C(O)NC1CCCC1c1nc2cc(Br)sc2c(=O)[nH]1. The number of fused-ring (bicyclic) bond motifs is 1. The highest BCUT2D eigenvalue weighted by Crippen LogP contribution is 2.34. The predicted molar refractivity (Wildman–Crippen MR) is 79.5 cm³/mol. The van der Waals surface area contributed by atoms with Crippen LogP contribution in [0.4, 0.5) is 4.79 Å². The van der Waals surface area contributed by atoms with Gasteiger partial charge in [-0.05, 0) is 34.8 Å². The van der Waals surface area contributed by atoms with Crippen LogP contribution in [0, 0.1) is 0 Å². The Morgan fingerprint density at radius 2 is 2.35 bits per heavy atom. The lowest BCUT2D eigenvalue weighted by atomic mass is 10.0. The Hall–Kier alpha value is -1.41. The first-order valence-electron chi connectivity index (χ1n) is 6.23. The van der Waals surface area contributed by atoms with Crippen molar-refractivity contribution in [3.05, 3.63) is 26.0 Å². The van der Waals surface area contributed by atoms with Crippen molar-refractivity contribution in [3.63, 3.8) is 0 Å². The van der Waals surface area contributed by atoms with Crippen LogP contribution in [0.15, 0.2) is 14.6 Å². The summed E-state index contributed by atoms with van der Waals surface area (Å²) in [6.45, 7) is 0. The van der Waals surface area contributed by atoms with Gasteiger partial charge in [-0.3, -0.25) is 4.79 Å². The summed E-state index contributed by atoms with van der Waals surface area (Å²) in [5.74, 6) is 0.505. The molecule has 3 N–H and O–H groups in total. The van der Waals surface area contributed by atoms with E-state index in [9.17, 15) is 9.59 Å². The molecule has 6 nitrogen and oxygen atoms in total. The van der Waals surface area contributed by atoms with Gasteiger partial charge in [-0.2, -0.15) is 0 Å². The van der Waals surface area contributed by atoms with Crippen molar-refractivity contribution >= 4 is 43.6 Å². The molecule has 1 aliphatic rings. The topological polar surface area (TPSA) is 95.1 Å². The van der Waals surface area contributed by atoms with Crippen molar-refractivity contribution in [2.45, 2.75) is 31.2 Å². The van der Waals surface area contributed by atoms with Crippen molar-refractivity contribution in [1.29, 1.82) is 0 Å². The fourth-order valence-electron chi connectivity index (χ4n) is 2.72. The molecule has 2 atom stereocenters. The number of thiophene rings is 1. The Kier molecular flexibility index (Phi) is 3.51. The van der Waals surface area contributed by atoms with Gasteiger partial charge in [0.25, 0.3) is 5.56 Å². The number of rotatable bonds is 2. The maximum Gasteiger partial charge on any atom is 0.404 e. The number of H-pyrrole nitrogens is 1. The number of nitrogens with one attached hydrogen (secondary N) is 2. The van der Waals surface area contributed by atoms with E-state index in [0.29, 0.717) is 16.0 Å². The van der Waals surface area contributed by atoms with E-state index in [4.69, 9.17) is 5.11 Å². The molecular weight excluding hydrogens is 346 g/mol. The largest absolute Gasteiger partial charge is 0.465 e. The van der Waals surface area contributed by atoms with Crippen LogP contribution in [0.2, 0.25) is 0 Å². The second-order valence-corrected chi connectivity index (χ2v) is 7.24. The molecule has 0 aliphatic heterocycles. The van der Waals surface area contributed by atoms with Gasteiger partial charge >= 0.3 is 6.09 Å². The molecule has 2 heterocycles. The van der Waals surface area contributed by atoms with Gasteiger partial charge in [-0.1, -0.05) is 6.42 Å². The maximum atomic E-state index is 12.1. The number of hydrogen-bond donors (Lipinski definition) is 3. The molecule has 1 amide bonds. The first kappa shape index (κ1) is 13.6. The van der Waals surface area contributed by atoms with E-state index >= 15 is 0 Å². The Bertz CT molecular complexity index is 726. The Balaban J connectivity index is 2.00. The number of amides is 1. The summed E-state index contributed by atoms with van der Waals surface area (Å²) in [4.78, 5) is 30.1. The van der Waals surface area contributed by atoms with Crippen LogP contribution >= 0.6 is 27.3 Å². The summed E-state index contributed by atoms with van der Waals surface area (Å²) in [5, 5.41) is 11.4. The van der Waals surface area contributed by atoms with Crippen LogP contribution in [0.25, 0.3) is 10.2 Å². The predicted octanol–water partition coefficient (Wildman–Crippen LogP) is 2.65. The lowest BCUT2D eigenvalue weighted by Crippen LogP contribution is -2.36. The van der Waals surface area contributed by atoms with Crippen LogP contribution in [0.1, 0.15) is 31.0 Å².